The van der Waals surface area contributed by atoms with Gasteiger partial charge in [-0.25, -0.2) is 0 Å². The van der Waals surface area contributed by atoms with E-state index >= 15 is 0 Å². The summed E-state index contributed by atoms with van der Waals surface area (Å²) in [4.78, 5) is 14.5. The Labute approximate surface area is 132 Å². The molecule has 1 aromatic carbocycles. The van der Waals surface area contributed by atoms with E-state index in [4.69, 9.17) is 9.47 Å². The van der Waals surface area contributed by atoms with Gasteiger partial charge in [-0.3, -0.25) is 4.79 Å². The number of methoxy groups -OCH3 is 2. The first-order chi connectivity index (χ1) is 10.7. The molecule has 1 fully saturated rings. The predicted molar refractivity (Wildman–Crippen MR) is 86.2 cm³/mol. The van der Waals surface area contributed by atoms with Crippen molar-refractivity contribution >= 4 is 5.91 Å². The summed E-state index contributed by atoms with van der Waals surface area (Å²) in [6.45, 7) is 3.79. The number of rotatable bonds is 7. The Morgan fingerprint density at radius 1 is 1.32 bits per heavy atom. The topological polar surface area (TPSA) is 50.8 Å². The summed E-state index contributed by atoms with van der Waals surface area (Å²) < 4.78 is 10.3. The Bertz CT molecular complexity index is 471. The molecular weight excluding hydrogens is 280 g/mol. The highest BCUT2D eigenvalue weighted by Crippen LogP contribution is 2.14. The zero-order chi connectivity index (χ0) is 15.8. The van der Waals surface area contributed by atoms with Gasteiger partial charge in [0.25, 0.3) is 0 Å². The fourth-order valence-corrected chi connectivity index (χ4v) is 2.77. The molecule has 0 unspecified atom stereocenters. The summed E-state index contributed by atoms with van der Waals surface area (Å²) in [6, 6.07) is 7.95. The summed E-state index contributed by atoms with van der Waals surface area (Å²) in [7, 11) is 3.36. The first-order valence-electron chi connectivity index (χ1n) is 7.85. The first-order valence-corrected chi connectivity index (χ1v) is 7.85. The van der Waals surface area contributed by atoms with Crippen LogP contribution in [-0.4, -0.2) is 57.3 Å². The lowest BCUT2D eigenvalue weighted by molar-refractivity contribution is -0.121. The van der Waals surface area contributed by atoms with Gasteiger partial charge in [-0.1, -0.05) is 12.1 Å². The lowest BCUT2D eigenvalue weighted by Gasteiger charge is -2.32. The zero-order valence-electron chi connectivity index (χ0n) is 13.5. The Hall–Kier alpha value is -1.59. The zero-order valence-corrected chi connectivity index (χ0v) is 13.5. The van der Waals surface area contributed by atoms with Crippen molar-refractivity contribution in [2.45, 2.75) is 25.3 Å². The van der Waals surface area contributed by atoms with Gasteiger partial charge in [0.05, 0.1) is 20.1 Å². The van der Waals surface area contributed by atoms with E-state index in [1.807, 2.05) is 24.3 Å². The molecule has 1 aliphatic heterocycles. The molecular formula is C17H26N2O3. The maximum Gasteiger partial charge on any atom is 0.224 e. The molecule has 1 N–H and O–H groups in total. The molecule has 0 bridgehead atoms. The number of hydrogen-bond donors (Lipinski definition) is 1. The molecule has 1 aromatic rings. The molecule has 5 heteroatoms. The third kappa shape index (κ3) is 5.31. The van der Waals surface area contributed by atoms with Crippen molar-refractivity contribution in [2.75, 3.05) is 40.5 Å². The molecule has 1 amide bonds. The van der Waals surface area contributed by atoms with Crippen molar-refractivity contribution in [3.63, 3.8) is 0 Å². The van der Waals surface area contributed by atoms with Gasteiger partial charge in [-0.15, -0.1) is 0 Å². The quantitative estimate of drug-likeness (QED) is 0.829. The van der Waals surface area contributed by atoms with Crippen LogP contribution < -0.4 is 10.1 Å². The van der Waals surface area contributed by atoms with E-state index in [-0.39, 0.29) is 11.9 Å². The van der Waals surface area contributed by atoms with Crippen LogP contribution in [0.4, 0.5) is 0 Å². The predicted octanol–water partition coefficient (Wildman–Crippen LogP) is 1.46. The van der Waals surface area contributed by atoms with Crippen molar-refractivity contribution in [3.05, 3.63) is 29.8 Å². The molecule has 122 valence electrons. The van der Waals surface area contributed by atoms with Crippen molar-refractivity contribution < 1.29 is 14.3 Å². The molecule has 1 heterocycles. The number of carbonyl (C=O) groups excluding carboxylic acids is 1. The second-order valence-corrected chi connectivity index (χ2v) is 5.70. The molecule has 0 spiro atoms. The van der Waals surface area contributed by atoms with Crippen LogP contribution in [0.15, 0.2) is 24.3 Å². The number of nitrogens with zero attached hydrogens (tertiary/aromatic N) is 1. The number of nitrogens with one attached hydrogen (secondary N) is 1. The van der Waals surface area contributed by atoms with E-state index in [0.717, 1.165) is 50.4 Å². The fourth-order valence-electron chi connectivity index (χ4n) is 2.77. The van der Waals surface area contributed by atoms with Gasteiger partial charge in [0, 0.05) is 32.8 Å². The molecule has 1 aliphatic rings. The summed E-state index contributed by atoms with van der Waals surface area (Å²) in [5.41, 5.74) is 0.981. The highest BCUT2D eigenvalue weighted by atomic mass is 16.5. The lowest BCUT2D eigenvalue weighted by atomic mass is 10.0. The fraction of sp³-hybridized carbons (Fsp3) is 0.588. The third-order valence-electron chi connectivity index (χ3n) is 4.06. The van der Waals surface area contributed by atoms with Crippen LogP contribution in [-0.2, 0) is 16.0 Å². The molecule has 2 rings (SSSR count). The average molecular weight is 306 g/mol. The van der Waals surface area contributed by atoms with E-state index < -0.39 is 0 Å². The minimum atomic E-state index is 0.0867. The molecule has 0 aromatic heterocycles. The van der Waals surface area contributed by atoms with Gasteiger partial charge in [0.1, 0.15) is 5.75 Å². The third-order valence-corrected chi connectivity index (χ3v) is 4.06. The standard InChI is InChI=1S/C17H26N2O3/c1-21-11-10-19-8-6-15(7-9-19)18-17(20)13-14-4-3-5-16(12-14)22-2/h3-5,12,15H,6-11,13H2,1-2H3,(H,18,20). The Kier molecular flexibility index (Phi) is 6.68. The van der Waals surface area contributed by atoms with Crippen LogP contribution in [0.25, 0.3) is 0 Å². The number of ether oxygens (including phenoxy) is 2. The highest BCUT2D eigenvalue weighted by Gasteiger charge is 2.20. The summed E-state index contributed by atoms with van der Waals surface area (Å²) in [6.07, 6.45) is 2.42. The van der Waals surface area contributed by atoms with Crippen LogP contribution >= 0.6 is 0 Å². The van der Waals surface area contributed by atoms with E-state index in [0.29, 0.717) is 6.42 Å². The van der Waals surface area contributed by atoms with Gasteiger partial charge >= 0.3 is 0 Å². The summed E-state index contributed by atoms with van der Waals surface area (Å²) >= 11 is 0. The van der Waals surface area contributed by atoms with Crippen LogP contribution in [0.5, 0.6) is 5.75 Å². The SMILES string of the molecule is COCCN1CCC(NC(=O)Cc2cccc(OC)c2)CC1. The minimum Gasteiger partial charge on any atom is -0.497 e. The van der Waals surface area contributed by atoms with Gasteiger partial charge in [0.15, 0.2) is 0 Å². The molecule has 0 aliphatic carbocycles. The smallest absolute Gasteiger partial charge is 0.224 e. The van der Waals surface area contributed by atoms with Crippen molar-refractivity contribution in [3.8, 4) is 5.75 Å². The van der Waals surface area contributed by atoms with Gasteiger partial charge in [-0.2, -0.15) is 0 Å². The molecule has 0 atom stereocenters. The van der Waals surface area contributed by atoms with Gasteiger partial charge < -0.3 is 19.7 Å². The minimum absolute atomic E-state index is 0.0867. The molecule has 1 saturated heterocycles. The van der Waals surface area contributed by atoms with Gasteiger partial charge in [0.2, 0.25) is 5.91 Å². The van der Waals surface area contributed by atoms with Crippen molar-refractivity contribution in [1.82, 2.24) is 10.2 Å². The first kappa shape index (κ1) is 16.8. The van der Waals surface area contributed by atoms with Crippen LogP contribution in [0.3, 0.4) is 0 Å². The van der Waals surface area contributed by atoms with E-state index in [9.17, 15) is 4.79 Å². The highest BCUT2D eigenvalue weighted by molar-refractivity contribution is 5.79. The summed E-state index contributed by atoms with van der Waals surface area (Å²) in [5, 5.41) is 3.14. The normalized spacial score (nSPS) is 16.5. The monoisotopic (exact) mass is 306 g/mol. The maximum absolute atomic E-state index is 12.1. The maximum atomic E-state index is 12.1. The molecule has 5 nitrogen and oxygen atoms in total. The van der Waals surface area contributed by atoms with E-state index in [1.54, 1.807) is 14.2 Å². The number of carbonyl (C=O) groups is 1. The molecule has 0 saturated carbocycles. The molecule has 22 heavy (non-hydrogen) atoms. The lowest BCUT2D eigenvalue weighted by Crippen LogP contribution is -2.45. The van der Waals surface area contributed by atoms with Crippen molar-refractivity contribution in [1.29, 1.82) is 0 Å². The number of hydrogen-bond acceptors (Lipinski definition) is 4. The second-order valence-electron chi connectivity index (χ2n) is 5.70. The Morgan fingerprint density at radius 2 is 2.09 bits per heavy atom. The number of amides is 1. The van der Waals surface area contributed by atoms with Crippen LogP contribution in [0.2, 0.25) is 0 Å². The van der Waals surface area contributed by atoms with E-state index in [1.165, 1.54) is 0 Å². The van der Waals surface area contributed by atoms with Gasteiger partial charge in [-0.05, 0) is 30.5 Å². The Balaban J connectivity index is 1.73. The average Bonchev–Trinajstić information content (AvgIpc) is 2.54. The largest absolute Gasteiger partial charge is 0.497 e. The Morgan fingerprint density at radius 3 is 2.77 bits per heavy atom. The second kappa shape index (κ2) is 8.76. The van der Waals surface area contributed by atoms with E-state index in [2.05, 4.69) is 10.2 Å². The summed E-state index contributed by atoms with van der Waals surface area (Å²) in [5.74, 6) is 0.875. The van der Waals surface area contributed by atoms with Crippen LogP contribution in [0, 0.1) is 0 Å². The number of likely N-dealkylation sites (tertiary alicyclic amines) is 1. The molecule has 0 radical (unpaired) electrons. The van der Waals surface area contributed by atoms with Crippen LogP contribution in [0.1, 0.15) is 18.4 Å². The number of piperidine rings is 1. The van der Waals surface area contributed by atoms with Crippen molar-refractivity contribution in [2.24, 2.45) is 0 Å². The number of benzene rings is 1.